The summed E-state index contributed by atoms with van der Waals surface area (Å²) in [7, 11) is 2.86. The molecule has 2 rings (SSSR count). The van der Waals surface area contributed by atoms with Crippen LogP contribution < -0.4 is 0 Å². The van der Waals surface area contributed by atoms with E-state index >= 15 is 0 Å². The van der Waals surface area contributed by atoms with Gasteiger partial charge in [0.2, 0.25) is 0 Å². The molecule has 0 aliphatic carbocycles. The summed E-state index contributed by atoms with van der Waals surface area (Å²) in [5, 5.41) is 0. The molecule has 1 aliphatic heterocycles. The second-order valence-electron chi connectivity index (χ2n) is 5.80. The highest BCUT2D eigenvalue weighted by atomic mass is 16.5. The van der Waals surface area contributed by atoms with Gasteiger partial charge in [0.25, 0.3) is 5.91 Å². The number of benzene rings is 1. The lowest BCUT2D eigenvalue weighted by molar-refractivity contribution is -0.138. The maximum Gasteiger partial charge on any atom is 0.340 e. The van der Waals surface area contributed by atoms with Crippen molar-refractivity contribution in [2.75, 3.05) is 34.0 Å². The third-order valence-corrected chi connectivity index (χ3v) is 4.15. The molecular formula is C20H23NO6. The molecule has 144 valence electrons. The normalized spacial score (nSPS) is 15.5. The molecule has 0 radical (unpaired) electrons. The van der Waals surface area contributed by atoms with Crippen molar-refractivity contribution in [1.82, 2.24) is 4.90 Å². The largest absolute Gasteiger partial charge is 0.465 e. The molecule has 7 nitrogen and oxygen atoms in total. The van der Waals surface area contributed by atoms with E-state index in [4.69, 9.17) is 9.47 Å². The fourth-order valence-corrected chi connectivity index (χ4v) is 2.78. The number of hydrogen-bond acceptors (Lipinski definition) is 6. The highest BCUT2D eigenvalue weighted by Crippen LogP contribution is 2.31. The van der Waals surface area contributed by atoms with Crippen LogP contribution in [0.25, 0.3) is 6.08 Å². The molecule has 0 saturated carbocycles. The van der Waals surface area contributed by atoms with Gasteiger partial charge in [-0.25, -0.2) is 9.59 Å². The van der Waals surface area contributed by atoms with Crippen LogP contribution in [-0.2, 0) is 23.8 Å². The number of nitrogens with zero attached hydrogens (tertiary/aromatic N) is 1. The van der Waals surface area contributed by atoms with E-state index in [-0.39, 0.29) is 23.7 Å². The lowest BCUT2D eigenvalue weighted by atomic mass is 10.0. The van der Waals surface area contributed by atoms with E-state index in [2.05, 4.69) is 4.74 Å². The molecule has 0 unspecified atom stereocenters. The second kappa shape index (κ2) is 9.14. The SMILES string of the molecule is CCOC(=O)C1=C(C)N(CCOC)C(=O)/C1=C\c1ccc(C(=O)OC)cc1. The molecule has 0 saturated heterocycles. The molecule has 1 aromatic rings. The van der Waals surface area contributed by atoms with E-state index in [9.17, 15) is 14.4 Å². The van der Waals surface area contributed by atoms with Crippen molar-refractivity contribution in [2.45, 2.75) is 13.8 Å². The number of esters is 2. The predicted octanol–water partition coefficient (Wildman–Crippen LogP) is 2.18. The zero-order valence-electron chi connectivity index (χ0n) is 15.9. The van der Waals surface area contributed by atoms with Gasteiger partial charge in [0.05, 0.1) is 37.0 Å². The first-order valence-electron chi connectivity index (χ1n) is 8.53. The van der Waals surface area contributed by atoms with Crippen LogP contribution in [0.2, 0.25) is 0 Å². The summed E-state index contributed by atoms with van der Waals surface area (Å²) < 4.78 is 14.8. The number of allylic oxidation sites excluding steroid dienone is 1. The van der Waals surface area contributed by atoms with Crippen LogP contribution in [-0.4, -0.2) is 56.7 Å². The summed E-state index contributed by atoms with van der Waals surface area (Å²) in [6.45, 7) is 4.31. The Morgan fingerprint density at radius 2 is 1.78 bits per heavy atom. The Bertz CT molecular complexity index is 791. The van der Waals surface area contributed by atoms with Gasteiger partial charge in [-0.05, 0) is 37.6 Å². The van der Waals surface area contributed by atoms with Gasteiger partial charge in [0, 0.05) is 19.4 Å². The maximum atomic E-state index is 12.8. The molecule has 0 bridgehead atoms. The molecule has 1 amide bonds. The quantitative estimate of drug-likeness (QED) is 0.538. The minimum Gasteiger partial charge on any atom is -0.465 e. The van der Waals surface area contributed by atoms with Crippen LogP contribution >= 0.6 is 0 Å². The fourth-order valence-electron chi connectivity index (χ4n) is 2.78. The van der Waals surface area contributed by atoms with Crippen molar-refractivity contribution in [3.05, 3.63) is 52.2 Å². The first kappa shape index (κ1) is 20.4. The van der Waals surface area contributed by atoms with Gasteiger partial charge in [-0.1, -0.05) is 12.1 Å². The minimum absolute atomic E-state index is 0.211. The van der Waals surface area contributed by atoms with Crippen LogP contribution in [0.1, 0.15) is 29.8 Å². The van der Waals surface area contributed by atoms with Crippen molar-refractivity contribution in [2.24, 2.45) is 0 Å². The van der Waals surface area contributed by atoms with Crippen LogP contribution in [0.5, 0.6) is 0 Å². The zero-order valence-corrected chi connectivity index (χ0v) is 15.9. The summed E-state index contributed by atoms with van der Waals surface area (Å²) in [6.07, 6.45) is 1.62. The highest BCUT2D eigenvalue weighted by Gasteiger charge is 2.36. The molecule has 0 aromatic heterocycles. The summed E-state index contributed by atoms with van der Waals surface area (Å²) in [4.78, 5) is 38.3. The predicted molar refractivity (Wildman–Crippen MR) is 98.7 cm³/mol. The Morgan fingerprint density at radius 3 is 2.33 bits per heavy atom. The Hall–Kier alpha value is -2.93. The molecule has 27 heavy (non-hydrogen) atoms. The molecule has 0 fully saturated rings. The number of carbonyl (C=O) groups excluding carboxylic acids is 3. The fraction of sp³-hybridized carbons (Fsp3) is 0.350. The topological polar surface area (TPSA) is 82.1 Å². The lowest BCUT2D eigenvalue weighted by Crippen LogP contribution is -2.28. The molecule has 0 spiro atoms. The lowest BCUT2D eigenvalue weighted by Gasteiger charge is -2.16. The average Bonchev–Trinajstić information content (AvgIpc) is 2.90. The molecular weight excluding hydrogens is 350 g/mol. The van der Waals surface area contributed by atoms with Gasteiger partial charge in [-0.15, -0.1) is 0 Å². The number of hydrogen-bond donors (Lipinski definition) is 0. The third kappa shape index (κ3) is 4.43. The summed E-state index contributed by atoms with van der Waals surface area (Å²) in [5.74, 6) is -1.27. The average molecular weight is 373 g/mol. The van der Waals surface area contributed by atoms with Gasteiger partial charge >= 0.3 is 11.9 Å². The van der Waals surface area contributed by atoms with Gasteiger partial charge in [0.1, 0.15) is 0 Å². The van der Waals surface area contributed by atoms with Crippen LogP contribution in [0.4, 0.5) is 0 Å². The molecule has 1 aromatic carbocycles. The monoisotopic (exact) mass is 373 g/mol. The standard InChI is InChI=1S/C20H23NO6/c1-5-27-20(24)17-13(2)21(10-11-25-3)18(22)16(17)12-14-6-8-15(9-7-14)19(23)26-4/h6-9,12H,5,10-11H2,1-4H3/b16-12-. The van der Waals surface area contributed by atoms with E-state index < -0.39 is 11.9 Å². The highest BCUT2D eigenvalue weighted by molar-refractivity contribution is 6.16. The molecule has 0 N–H and O–H groups in total. The van der Waals surface area contributed by atoms with Crippen molar-refractivity contribution in [3.63, 3.8) is 0 Å². The molecule has 1 aliphatic rings. The third-order valence-electron chi connectivity index (χ3n) is 4.15. The van der Waals surface area contributed by atoms with Gasteiger partial charge < -0.3 is 19.1 Å². The first-order valence-corrected chi connectivity index (χ1v) is 8.53. The maximum absolute atomic E-state index is 12.8. The molecule has 1 heterocycles. The summed E-state index contributed by atoms with van der Waals surface area (Å²) >= 11 is 0. The Morgan fingerprint density at radius 1 is 1.11 bits per heavy atom. The first-order chi connectivity index (χ1) is 12.9. The molecule has 0 atom stereocenters. The van der Waals surface area contributed by atoms with E-state index in [1.807, 2.05) is 0 Å². The zero-order chi connectivity index (χ0) is 20.0. The van der Waals surface area contributed by atoms with Crippen LogP contribution in [0.3, 0.4) is 0 Å². The van der Waals surface area contributed by atoms with Gasteiger partial charge in [0.15, 0.2) is 0 Å². The van der Waals surface area contributed by atoms with Crippen molar-refractivity contribution >= 4 is 23.9 Å². The Balaban J connectivity index is 2.41. The number of ether oxygens (including phenoxy) is 3. The van der Waals surface area contributed by atoms with Crippen LogP contribution in [0, 0.1) is 0 Å². The van der Waals surface area contributed by atoms with E-state index in [0.29, 0.717) is 30.0 Å². The number of methoxy groups -OCH3 is 2. The van der Waals surface area contributed by atoms with Gasteiger partial charge in [-0.3, -0.25) is 4.79 Å². The number of rotatable bonds is 7. The molecule has 7 heteroatoms. The van der Waals surface area contributed by atoms with Crippen molar-refractivity contribution in [3.8, 4) is 0 Å². The van der Waals surface area contributed by atoms with Crippen molar-refractivity contribution < 1.29 is 28.6 Å². The number of amides is 1. The van der Waals surface area contributed by atoms with E-state index in [0.717, 1.165) is 0 Å². The summed E-state index contributed by atoms with van der Waals surface area (Å²) in [6, 6.07) is 6.56. The Labute approximate surface area is 158 Å². The number of carbonyl (C=O) groups is 3. The van der Waals surface area contributed by atoms with E-state index in [1.54, 1.807) is 51.3 Å². The van der Waals surface area contributed by atoms with Crippen LogP contribution in [0.15, 0.2) is 41.1 Å². The Kier molecular flexibility index (Phi) is 6.90. The smallest absolute Gasteiger partial charge is 0.340 e. The van der Waals surface area contributed by atoms with Gasteiger partial charge in [-0.2, -0.15) is 0 Å². The minimum atomic E-state index is -0.541. The van der Waals surface area contributed by atoms with E-state index in [1.165, 1.54) is 12.0 Å². The summed E-state index contributed by atoms with van der Waals surface area (Å²) in [5.41, 5.74) is 2.11. The van der Waals surface area contributed by atoms with Crippen molar-refractivity contribution in [1.29, 1.82) is 0 Å². The second-order valence-corrected chi connectivity index (χ2v) is 5.80.